The maximum Gasteiger partial charge on any atom is -0.0415 e. The molecule has 0 aromatic heterocycles. The van der Waals surface area contributed by atoms with E-state index in [1.807, 2.05) is 0 Å². The fraction of sp³-hybridized carbons (Fsp3) is 1.00. The summed E-state index contributed by atoms with van der Waals surface area (Å²) in [6.07, 6.45) is 9.87. The van der Waals surface area contributed by atoms with Gasteiger partial charge in [-0.2, -0.15) is 0 Å². The van der Waals surface area contributed by atoms with E-state index < -0.39 is 0 Å². The van der Waals surface area contributed by atoms with E-state index in [9.17, 15) is 0 Å². The van der Waals surface area contributed by atoms with Gasteiger partial charge >= 0.3 is 0 Å². The Hall–Kier alpha value is 0. The van der Waals surface area contributed by atoms with Crippen LogP contribution in [-0.4, -0.2) is 0 Å². The zero-order chi connectivity index (χ0) is 13.3. The van der Waals surface area contributed by atoms with Gasteiger partial charge in [-0.1, -0.05) is 80.1 Å². The molecular weight excluding hydrogens is 204 g/mol. The fourth-order valence-corrected chi connectivity index (χ4v) is 2.58. The zero-order valence-electron chi connectivity index (χ0n) is 13.3. The highest BCUT2D eigenvalue weighted by Crippen LogP contribution is 2.25. The van der Waals surface area contributed by atoms with Crippen molar-refractivity contribution in [3.8, 4) is 0 Å². The summed E-state index contributed by atoms with van der Waals surface area (Å²) >= 11 is 0. The first-order valence-electron chi connectivity index (χ1n) is 8.01. The first-order valence-corrected chi connectivity index (χ1v) is 8.01. The van der Waals surface area contributed by atoms with Crippen LogP contribution >= 0.6 is 0 Å². The van der Waals surface area contributed by atoms with E-state index in [4.69, 9.17) is 0 Å². The summed E-state index contributed by atoms with van der Waals surface area (Å²) in [7, 11) is 0. The smallest absolute Gasteiger partial charge is 0.0415 e. The van der Waals surface area contributed by atoms with Crippen LogP contribution in [-0.2, 0) is 0 Å². The predicted octanol–water partition coefficient (Wildman–Crippen LogP) is 6.30. The molecule has 0 heteroatoms. The summed E-state index contributed by atoms with van der Waals surface area (Å²) < 4.78 is 0. The van der Waals surface area contributed by atoms with Gasteiger partial charge in [0.05, 0.1) is 0 Å². The number of unbranched alkanes of at least 4 members (excludes halogenated alkanes) is 1. The molecule has 0 saturated carbocycles. The molecular formula is C17H36. The SMILES string of the molecule is CCC(C)CCCCC(C)CC(C)C(C)CC. The topological polar surface area (TPSA) is 0 Å². The second kappa shape index (κ2) is 9.97. The normalized spacial score (nSPS) is 18.7. The van der Waals surface area contributed by atoms with E-state index in [-0.39, 0.29) is 0 Å². The number of hydrogen-bond donors (Lipinski definition) is 0. The van der Waals surface area contributed by atoms with E-state index in [0.29, 0.717) is 0 Å². The van der Waals surface area contributed by atoms with Crippen LogP contribution in [0.3, 0.4) is 0 Å². The second-order valence-corrected chi connectivity index (χ2v) is 6.50. The van der Waals surface area contributed by atoms with Crippen LogP contribution in [0.15, 0.2) is 0 Å². The van der Waals surface area contributed by atoms with E-state index in [0.717, 1.165) is 23.7 Å². The van der Waals surface area contributed by atoms with Crippen molar-refractivity contribution in [3.63, 3.8) is 0 Å². The van der Waals surface area contributed by atoms with Crippen LogP contribution in [0.5, 0.6) is 0 Å². The summed E-state index contributed by atoms with van der Waals surface area (Å²) in [5, 5.41) is 0. The zero-order valence-corrected chi connectivity index (χ0v) is 13.3. The Kier molecular flexibility index (Phi) is 9.97. The van der Waals surface area contributed by atoms with Crippen LogP contribution in [0.25, 0.3) is 0 Å². The summed E-state index contributed by atoms with van der Waals surface area (Å²) in [4.78, 5) is 0. The van der Waals surface area contributed by atoms with E-state index in [1.165, 1.54) is 44.9 Å². The van der Waals surface area contributed by atoms with Crippen LogP contribution in [0.4, 0.5) is 0 Å². The highest BCUT2D eigenvalue weighted by Gasteiger charge is 2.13. The molecule has 0 N–H and O–H groups in total. The number of rotatable bonds is 10. The first kappa shape index (κ1) is 17.0. The highest BCUT2D eigenvalue weighted by molar-refractivity contribution is 4.65. The molecule has 4 unspecified atom stereocenters. The molecule has 0 bridgehead atoms. The van der Waals surface area contributed by atoms with Gasteiger partial charge < -0.3 is 0 Å². The summed E-state index contributed by atoms with van der Waals surface area (Å²) in [6.45, 7) is 14.3. The third kappa shape index (κ3) is 8.69. The molecule has 0 radical (unpaired) electrons. The molecule has 0 amide bonds. The summed E-state index contributed by atoms with van der Waals surface area (Å²) in [5.74, 6) is 3.67. The third-order valence-corrected chi connectivity index (χ3v) is 4.73. The molecule has 0 aliphatic rings. The fourth-order valence-electron chi connectivity index (χ4n) is 2.58. The number of hydrogen-bond acceptors (Lipinski definition) is 0. The average molecular weight is 240 g/mol. The maximum atomic E-state index is 2.45. The van der Waals surface area contributed by atoms with Gasteiger partial charge in [0.2, 0.25) is 0 Å². The molecule has 0 fully saturated rings. The molecule has 0 rings (SSSR count). The van der Waals surface area contributed by atoms with Gasteiger partial charge in [0.1, 0.15) is 0 Å². The minimum atomic E-state index is 0.901. The summed E-state index contributed by atoms with van der Waals surface area (Å²) in [5.41, 5.74) is 0. The van der Waals surface area contributed by atoms with E-state index in [2.05, 4.69) is 41.5 Å². The molecule has 0 heterocycles. The van der Waals surface area contributed by atoms with Crippen LogP contribution in [0, 0.1) is 23.7 Å². The van der Waals surface area contributed by atoms with Gasteiger partial charge in [-0.3, -0.25) is 0 Å². The van der Waals surface area contributed by atoms with Crippen molar-refractivity contribution in [3.05, 3.63) is 0 Å². The molecule has 17 heavy (non-hydrogen) atoms. The van der Waals surface area contributed by atoms with Crippen LogP contribution < -0.4 is 0 Å². The van der Waals surface area contributed by atoms with Gasteiger partial charge in [-0.05, 0) is 30.1 Å². The van der Waals surface area contributed by atoms with Crippen molar-refractivity contribution >= 4 is 0 Å². The molecule has 0 nitrogen and oxygen atoms in total. The van der Waals surface area contributed by atoms with E-state index >= 15 is 0 Å². The third-order valence-electron chi connectivity index (χ3n) is 4.73. The van der Waals surface area contributed by atoms with Gasteiger partial charge in [0.15, 0.2) is 0 Å². The lowest BCUT2D eigenvalue weighted by Gasteiger charge is -2.22. The van der Waals surface area contributed by atoms with Crippen molar-refractivity contribution in [1.29, 1.82) is 0 Å². The Balaban J connectivity index is 3.55. The van der Waals surface area contributed by atoms with Crippen molar-refractivity contribution < 1.29 is 0 Å². The van der Waals surface area contributed by atoms with Crippen molar-refractivity contribution in [2.24, 2.45) is 23.7 Å². The Bertz CT molecular complexity index is 161. The molecule has 0 aromatic rings. The second-order valence-electron chi connectivity index (χ2n) is 6.50. The monoisotopic (exact) mass is 240 g/mol. The van der Waals surface area contributed by atoms with Crippen LogP contribution in [0.2, 0.25) is 0 Å². The first-order chi connectivity index (χ1) is 8.01. The quantitative estimate of drug-likeness (QED) is 0.393. The molecule has 0 saturated heterocycles. The Morgan fingerprint density at radius 3 is 1.65 bits per heavy atom. The lowest BCUT2D eigenvalue weighted by molar-refractivity contribution is 0.293. The maximum absolute atomic E-state index is 2.45. The van der Waals surface area contributed by atoms with Gasteiger partial charge in [0, 0.05) is 0 Å². The Morgan fingerprint density at radius 1 is 0.647 bits per heavy atom. The van der Waals surface area contributed by atoms with E-state index in [1.54, 1.807) is 0 Å². The highest BCUT2D eigenvalue weighted by atomic mass is 14.2. The molecule has 0 aliphatic heterocycles. The molecule has 104 valence electrons. The predicted molar refractivity (Wildman–Crippen MR) is 80.3 cm³/mol. The Labute approximate surface area is 111 Å². The minimum absolute atomic E-state index is 0.901. The lowest BCUT2D eigenvalue weighted by atomic mass is 9.84. The molecule has 0 spiro atoms. The average Bonchev–Trinajstić information content (AvgIpc) is 2.32. The molecule has 0 aliphatic carbocycles. The largest absolute Gasteiger partial charge is 0.0651 e. The van der Waals surface area contributed by atoms with Gasteiger partial charge in [0.25, 0.3) is 0 Å². The molecule has 4 atom stereocenters. The minimum Gasteiger partial charge on any atom is -0.0651 e. The van der Waals surface area contributed by atoms with Crippen LogP contribution in [0.1, 0.15) is 86.5 Å². The summed E-state index contributed by atoms with van der Waals surface area (Å²) in [6, 6.07) is 0. The lowest BCUT2D eigenvalue weighted by Crippen LogP contribution is -2.11. The Morgan fingerprint density at radius 2 is 1.18 bits per heavy atom. The van der Waals surface area contributed by atoms with Crippen molar-refractivity contribution in [1.82, 2.24) is 0 Å². The van der Waals surface area contributed by atoms with Crippen molar-refractivity contribution in [2.75, 3.05) is 0 Å². The van der Waals surface area contributed by atoms with Crippen molar-refractivity contribution in [2.45, 2.75) is 86.5 Å². The standard InChI is InChI=1S/C17H36/c1-7-14(3)11-9-10-12-15(4)13-17(6)16(5)8-2/h14-17H,7-13H2,1-6H3. The molecule has 0 aromatic carbocycles. The van der Waals surface area contributed by atoms with Gasteiger partial charge in [-0.25, -0.2) is 0 Å². The van der Waals surface area contributed by atoms with Gasteiger partial charge in [-0.15, -0.1) is 0 Å².